The first-order chi connectivity index (χ1) is 8.22. The molecule has 0 radical (unpaired) electrons. The zero-order chi connectivity index (χ0) is 12.3. The Kier molecular flexibility index (Phi) is 3.76. The molecule has 1 unspecified atom stereocenters. The van der Waals surface area contributed by atoms with Gasteiger partial charge in [0.15, 0.2) is 0 Å². The van der Waals surface area contributed by atoms with Crippen LogP contribution in [0.5, 0.6) is 0 Å². The number of hydrogen-bond acceptors (Lipinski definition) is 3. The van der Waals surface area contributed by atoms with Gasteiger partial charge >= 0.3 is 0 Å². The molecule has 0 saturated heterocycles. The number of likely N-dealkylation sites (N-methyl/N-ethyl adjacent to an activating group) is 1. The van der Waals surface area contributed by atoms with Crippen molar-refractivity contribution in [2.45, 2.75) is 19.4 Å². The maximum absolute atomic E-state index is 11.6. The fourth-order valence-electron chi connectivity index (χ4n) is 1.83. The highest BCUT2D eigenvalue weighted by Crippen LogP contribution is 2.26. The molecule has 2 aromatic rings. The van der Waals surface area contributed by atoms with E-state index in [1.54, 1.807) is 11.3 Å². The summed E-state index contributed by atoms with van der Waals surface area (Å²) in [5, 5.41) is 6.04. The lowest BCUT2D eigenvalue weighted by Crippen LogP contribution is -2.41. The van der Waals surface area contributed by atoms with Crippen LogP contribution in [0.2, 0.25) is 0 Å². The third kappa shape index (κ3) is 2.65. The van der Waals surface area contributed by atoms with Crippen molar-refractivity contribution in [2.75, 3.05) is 6.54 Å². The van der Waals surface area contributed by atoms with Crippen molar-refractivity contribution >= 4 is 27.3 Å². The second-order valence-corrected chi connectivity index (χ2v) is 4.87. The van der Waals surface area contributed by atoms with Crippen LogP contribution in [0, 0.1) is 0 Å². The first-order valence-electron chi connectivity index (χ1n) is 5.70. The predicted octanol–water partition coefficient (Wildman–Crippen LogP) is 1.91. The van der Waals surface area contributed by atoms with E-state index in [2.05, 4.69) is 22.8 Å². The minimum atomic E-state index is -0.465. The number of benzene rings is 1. The predicted molar refractivity (Wildman–Crippen MR) is 72.2 cm³/mol. The van der Waals surface area contributed by atoms with Crippen LogP contribution in [0.3, 0.4) is 0 Å². The van der Waals surface area contributed by atoms with E-state index in [4.69, 9.17) is 5.73 Å². The van der Waals surface area contributed by atoms with E-state index >= 15 is 0 Å². The Labute approximate surface area is 105 Å². The zero-order valence-corrected chi connectivity index (χ0v) is 10.6. The molecule has 0 aliphatic rings. The Morgan fingerprint density at radius 3 is 3.00 bits per heavy atom. The summed E-state index contributed by atoms with van der Waals surface area (Å²) in [6.07, 6.45) is 0.593. The highest BCUT2D eigenvalue weighted by molar-refractivity contribution is 7.17. The van der Waals surface area contributed by atoms with E-state index in [1.165, 1.54) is 10.1 Å². The normalized spacial score (nSPS) is 12.6. The van der Waals surface area contributed by atoms with Gasteiger partial charge in [0.2, 0.25) is 5.91 Å². The molecule has 90 valence electrons. The molecule has 1 aromatic carbocycles. The van der Waals surface area contributed by atoms with Gasteiger partial charge in [-0.1, -0.05) is 18.2 Å². The minimum Gasteiger partial charge on any atom is -0.355 e. The molecule has 1 atom stereocenters. The summed E-state index contributed by atoms with van der Waals surface area (Å²) >= 11 is 1.69. The van der Waals surface area contributed by atoms with Gasteiger partial charge in [0.1, 0.15) is 0 Å². The summed E-state index contributed by atoms with van der Waals surface area (Å²) in [5.41, 5.74) is 7.03. The largest absolute Gasteiger partial charge is 0.355 e. The molecule has 0 fully saturated rings. The molecule has 2 rings (SSSR count). The molecule has 4 heteroatoms. The van der Waals surface area contributed by atoms with E-state index in [9.17, 15) is 4.79 Å². The first kappa shape index (κ1) is 12.1. The lowest BCUT2D eigenvalue weighted by atomic mass is 10.1. The van der Waals surface area contributed by atoms with Gasteiger partial charge in [-0.3, -0.25) is 4.79 Å². The number of rotatable bonds is 4. The van der Waals surface area contributed by atoms with Gasteiger partial charge in [-0.15, -0.1) is 11.3 Å². The van der Waals surface area contributed by atoms with Crippen molar-refractivity contribution in [3.8, 4) is 0 Å². The van der Waals surface area contributed by atoms with E-state index in [-0.39, 0.29) is 5.91 Å². The molecule has 1 heterocycles. The number of amides is 1. The molecule has 0 bridgehead atoms. The van der Waals surface area contributed by atoms with Gasteiger partial charge in [-0.25, -0.2) is 0 Å². The van der Waals surface area contributed by atoms with Gasteiger partial charge in [0.05, 0.1) is 6.04 Å². The highest BCUT2D eigenvalue weighted by Gasteiger charge is 2.15. The maximum Gasteiger partial charge on any atom is 0.237 e. The molecule has 0 saturated carbocycles. The van der Waals surface area contributed by atoms with Crippen molar-refractivity contribution in [3.63, 3.8) is 0 Å². The number of nitrogens with one attached hydrogen (secondary N) is 1. The summed E-state index contributed by atoms with van der Waals surface area (Å²) in [6, 6.07) is 7.72. The Morgan fingerprint density at radius 1 is 1.47 bits per heavy atom. The van der Waals surface area contributed by atoms with Gasteiger partial charge in [-0.2, -0.15) is 0 Å². The third-order valence-electron chi connectivity index (χ3n) is 2.69. The number of nitrogens with two attached hydrogens (primary N) is 1. The average Bonchev–Trinajstić information content (AvgIpc) is 2.73. The summed E-state index contributed by atoms with van der Waals surface area (Å²) in [7, 11) is 0. The van der Waals surface area contributed by atoms with Crippen molar-refractivity contribution in [1.29, 1.82) is 0 Å². The maximum atomic E-state index is 11.6. The number of carbonyl (C=O) groups excluding carboxylic acids is 1. The van der Waals surface area contributed by atoms with Crippen molar-refractivity contribution in [3.05, 3.63) is 35.2 Å². The SMILES string of the molecule is CCNC(=O)C(N)Cc1csc2ccccc12. The fourth-order valence-corrected chi connectivity index (χ4v) is 2.80. The van der Waals surface area contributed by atoms with Crippen LogP contribution in [0.25, 0.3) is 10.1 Å². The summed E-state index contributed by atoms with van der Waals surface area (Å²) in [5.74, 6) is -0.0808. The van der Waals surface area contributed by atoms with E-state index in [0.29, 0.717) is 13.0 Å². The number of hydrogen-bond donors (Lipinski definition) is 2. The van der Waals surface area contributed by atoms with Crippen molar-refractivity contribution in [2.24, 2.45) is 5.73 Å². The lowest BCUT2D eigenvalue weighted by molar-refractivity contribution is -0.122. The molecule has 3 nitrogen and oxygen atoms in total. The molecule has 0 aliphatic heterocycles. The molecule has 1 aromatic heterocycles. The van der Waals surface area contributed by atoms with Crippen LogP contribution in [0.15, 0.2) is 29.6 Å². The Morgan fingerprint density at radius 2 is 2.24 bits per heavy atom. The van der Waals surface area contributed by atoms with Crippen LogP contribution in [0.1, 0.15) is 12.5 Å². The fraction of sp³-hybridized carbons (Fsp3) is 0.308. The topological polar surface area (TPSA) is 55.1 Å². The quantitative estimate of drug-likeness (QED) is 0.868. The molecule has 17 heavy (non-hydrogen) atoms. The van der Waals surface area contributed by atoms with E-state index in [0.717, 1.165) is 5.56 Å². The second kappa shape index (κ2) is 5.29. The van der Waals surface area contributed by atoms with E-state index in [1.807, 2.05) is 19.1 Å². The molecular formula is C13H16N2OS. The molecule has 1 amide bonds. The monoisotopic (exact) mass is 248 g/mol. The van der Waals surface area contributed by atoms with Crippen LogP contribution in [-0.4, -0.2) is 18.5 Å². The molecule has 3 N–H and O–H groups in total. The standard InChI is InChI=1S/C13H16N2OS/c1-2-15-13(16)11(14)7-9-8-17-12-6-4-3-5-10(9)12/h3-6,8,11H,2,7,14H2,1H3,(H,15,16). The van der Waals surface area contributed by atoms with Crippen LogP contribution < -0.4 is 11.1 Å². The van der Waals surface area contributed by atoms with Gasteiger partial charge in [0, 0.05) is 11.2 Å². The molecular weight excluding hydrogens is 232 g/mol. The number of carbonyl (C=O) groups is 1. The second-order valence-electron chi connectivity index (χ2n) is 3.96. The smallest absolute Gasteiger partial charge is 0.237 e. The van der Waals surface area contributed by atoms with Crippen LogP contribution in [0.4, 0.5) is 0 Å². The Hall–Kier alpha value is -1.39. The number of fused-ring (bicyclic) bond motifs is 1. The molecule has 0 aliphatic carbocycles. The summed E-state index contributed by atoms with van der Waals surface area (Å²) in [4.78, 5) is 11.6. The average molecular weight is 248 g/mol. The first-order valence-corrected chi connectivity index (χ1v) is 6.58. The van der Waals surface area contributed by atoms with Crippen LogP contribution >= 0.6 is 11.3 Å². The third-order valence-corrected chi connectivity index (χ3v) is 3.70. The van der Waals surface area contributed by atoms with Gasteiger partial charge in [0.25, 0.3) is 0 Å². The van der Waals surface area contributed by atoms with Gasteiger partial charge < -0.3 is 11.1 Å². The highest BCUT2D eigenvalue weighted by atomic mass is 32.1. The van der Waals surface area contributed by atoms with Crippen molar-refractivity contribution in [1.82, 2.24) is 5.32 Å². The zero-order valence-electron chi connectivity index (χ0n) is 9.77. The van der Waals surface area contributed by atoms with Crippen molar-refractivity contribution < 1.29 is 4.79 Å². The lowest BCUT2D eigenvalue weighted by Gasteiger charge is -2.10. The Balaban J connectivity index is 2.16. The summed E-state index contributed by atoms with van der Waals surface area (Å²) in [6.45, 7) is 2.52. The summed E-state index contributed by atoms with van der Waals surface area (Å²) < 4.78 is 1.24. The minimum absolute atomic E-state index is 0.0808. The van der Waals surface area contributed by atoms with Crippen LogP contribution in [-0.2, 0) is 11.2 Å². The Bertz CT molecular complexity index is 521. The molecule has 0 spiro atoms. The van der Waals surface area contributed by atoms with E-state index < -0.39 is 6.04 Å². The van der Waals surface area contributed by atoms with Gasteiger partial charge in [-0.05, 0) is 35.7 Å². The number of thiophene rings is 1.